The number of H-pyrrole nitrogens is 1. The van der Waals surface area contributed by atoms with E-state index in [0.717, 1.165) is 38.7 Å². The van der Waals surface area contributed by atoms with Gasteiger partial charge in [-0.3, -0.25) is 4.79 Å². The first-order valence-corrected chi connectivity index (χ1v) is 12.9. The second kappa shape index (κ2) is 9.33. The van der Waals surface area contributed by atoms with E-state index in [9.17, 15) is 14.3 Å². The summed E-state index contributed by atoms with van der Waals surface area (Å²) in [6.07, 6.45) is 1.42. The van der Waals surface area contributed by atoms with E-state index in [4.69, 9.17) is 9.15 Å². The average Bonchev–Trinajstić information content (AvgIpc) is 3.49. The third kappa shape index (κ3) is 4.33. The Morgan fingerprint density at radius 3 is 2.79 bits per heavy atom. The van der Waals surface area contributed by atoms with Crippen LogP contribution in [0.3, 0.4) is 0 Å². The summed E-state index contributed by atoms with van der Waals surface area (Å²) < 4.78 is 26.1. The molecule has 1 amide bonds. The van der Waals surface area contributed by atoms with E-state index in [-0.39, 0.29) is 24.4 Å². The number of nitrogens with one attached hydrogen (secondary N) is 2. The summed E-state index contributed by atoms with van der Waals surface area (Å²) in [4.78, 5) is 17.2. The van der Waals surface area contributed by atoms with Gasteiger partial charge in [0.05, 0.1) is 23.8 Å². The Morgan fingerprint density at radius 2 is 2.00 bits per heavy atom. The van der Waals surface area contributed by atoms with Gasteiger partial charge in [-0.05, 0) is 80.8 Å². The number of amides is 1. The second-order valence-corrected chi connectivity index (χ2v) is 10.4. The van der Waals surface area contributed by atoms with Crippen molar-refractivity contribution in [2.45, 2.75) is 44.8 Å². The molecular formula is C31H29FN2O4. The fourth-order valence-electron chi connectivity index (χ4n) is 5.41. The molecule has 2 aromatic heterocycles. The maximum atomic E-state index is 14.0. The summed E-state index contributed by atoms with van der Waals surface area (Å²) in [7, 11) is 0. The van der Waals surface area contributed by atoms with E-state index < -0.39 is 5.54 Å². The number of carbonyl (C=O) groups excluding carboxylic acids is 1. The van der Waals surface area contributed by atoms with Crippen molar-refractivity contribution < 1.29 is 23.4 Å². The van der Waals surface area contributed by atoms with Crippen LogP contribution in [0.5, 0.6) is 5.75 Å². The van der Waals surface area contributed by atoms with Crippen LogP contribution in [0.15, 0.2) is 71.1 Å². The molecule has 0 saturated carbocycles. The Kier molecular flexibility index (Phi) is 5.95. The minimum absolute atomic E-state index is 0.135. The van der Waals surface area contributed by atoms with E-state index in [1.165, 1.54) is 12.1 Å². The van der Waals surface area contributed by atoms with E-state index in [1.54, 1.807) is 18.2 Å². The highest BCUT2D eigenvalue weighted by Gasteiger charge is 2.38. The molecule has 0 radical (unpaired) electrons. The van der Waals surface area contributed by atoms with Gasteiger partial charge in [0.15, 0.2) is 0 Å². The molecule has 7 heteroatoms. The SMILES string of the molecule is CC(C)Oc1ccc(-c2cc3ccccc3o2)cc1C(=O)NC1(CO)CCc2[nH]c3ccc(F)cc3c2C1. The van der Waals surface area contributed by atoms with Crippen molar-refractivity contribution in [1.82, 2.24) is 10.3 Å². The van der Waals surface area contributed by atoms with Crippen molar-refractivity contribution in [2.24, 2.45) is 0 Å². The largest absolute Gasteiger partial charge is 0.490 e. The molecule has 1 aliphatic carbocycles. The summed E-state index contributed by atoms with van der Waals surface area (Å²) in [5.41, 5.74) is 3.77. The Hall–Kier alpha value is -4.10. The average molecular weight is 513 g/mol. The molecule has 5 aromatic rings. The molecule has 0 saturated heterocycles. The first kappa shape index (κ1) is 24.2. The highest BCUT2D eigenvalue weighted by Crippen LogP contribution is 2.36. The number of furan rings is 1. The van der Waals surface area contributed by atoms with Crippen LogP contribution >= 0.6 is 0 Å². The molecule has 3 N–H and O–H groups in total. The van der Waals surface area contributed by atoms with Crippen LogP contribution in [0, 0.1) is 5.82 Å². The quantitative estimate of drug-likeness (QED) is 0.254. The van der Waals surface area contributed by atoms with Gasteiger partial charge in [-0.1, -0.05) is 18.2 Å². The fourth-order valence-corrected chi connectivity index (χ4v) is 5.41. The topological polar surface area (TPSA) is 87.5 Å². The number of aliphatic hydroxyl groups is 1. The Morgan fingerprint density at radius 1 is 1.16 bits per heavy atom. The number of aliphatic hydroxyl groups excluding tert-OH is 1. The lowest BCUT2D eigenvalue weighted by Gasteiger charge is -2.37. The standard InChI is InChI=1S/C31H29FN2O4/c1-18(2)37-28-10-7-20(29-14-19-5-3-4-6-27(19)38-29)13-23(28)30(36)34-31(17-35)12-11-26-24(16-31)22-15-21(32)8-9-25(22)33-26/h3-10,13-15,18,33,35H,11-12,16-17H2,1-2H3,(H,34,36). The normalized spacial score (nSPS) is 17.2. The van der Waals surface area contributed by atoms with Gasteiger partial charge in [0.1, 0.15) is 22.9 Å². The van der Waals surface area contributed by atoms with Gasteiger partial charge < -0.3 is 24.6 Å². The van der Waals surface area contributed by atoms with Crippen molar-refractivity contribution in [1.29, 1.82) is 0 Å². The maximum Gasteiger partial charge on any atom is 0.255 e. The molecular weight excluding hydrogens is 483 g/mol. The maximum absolute atomic E-state index is 14.0. The molecule has 1 aliphatic rings. The first-order valence-electron chi connectivity index (χ1n) is 12.9. The van der Waals surface area contributed by atoms with Crippen LogP contribution in [-0.2, 0) is 12.8 Å². The van der Waals surface area contributed by atoms with E-state index in [2.05, 4.69) is 10.3 Å². The minimum atomic E-state index is -0.893. The molecule has 1 atom stereocenters. The number of para-hydroxylation sites is 1. The second-order valence-electron chi connectivity index (χ2n) is 10.4. The summed E-state index contributed by atoms with van der Waals surface area (Å²) >= 11 is 0. The number of aromatic nitrogens is 1. The van der Waals surface area contributed by atoms with Gasteiger partial charge >= 0.3 is 0 Å². The smallest absolute Gasteiger partial charge is 0.255 e. The number of aromatic amines is 1. The van der Waals surface area contributed by atoms with E-state index in [1.807, 2.05) is 50.2 Å². The number of ether oxygens (including phenoxy) is 1. The van der Waals surface area contributed by atoms with Crippen LogP contribution < -0.4 is 10.1 Å². The molecule has 0 aliphatic heterocycles. The van der Waals surface area contributed by atoms with Crippen LogP contribution in [0.25, 0.3) is 33.2 Å². The lowest BCUT2D eigenvalue weighted by Crippen LogP contribution is -2.54. The molecule has 194 valence electrons. The number of hydrogen-bond donors (Lipinski definition) is 3. The molecule has 6 nitrogen and oxygen atoms in total. The van der Waals surface area contributed by atoms with Crippen molar-refractivity contribution >= 4 is 27.8 Å². The van der Waals surface area contributed by atoms with Crippen LogP contribution in [-0.4, -0.2) is 34.2 Å². The predicted molar refractivity (Wildman–Crippen MR) is 145 cm³/mol. The summed E-state index contributed by atoms with van der Waals surface area (Å²) in [5.74, 6) is 0.441. The zero-order chi connectivity index (χ0) is 26.4. The first-order chi connectivity index (χ1) is 18.3. The summed E-state index contributed by atoms with van der Waals surface area (Å²) in [5, 5.41) is 15.4. The number of aryl methyl sites for hydroxylation is 1. The van der Waals surface area contributed by atoms with Gasteiger partial charge in [-0.25, -0.2) is 4.39 Å². The zero-order valence-corrected chi connectivity index (χ0v) is 21.3. The van der Waals surface area contributed by atoms with Crippen LogP contribution in [0.4, 0.5) is 4.39 Å². The summed E-state index contributed by atoms with van der Waals surface area (Å²) in [6.45, 7) is 3.57. The molecule has 1 unspecified atom stereocenters. The van der Waals surface area contributed by atoms with Gasteiger partial charge in [-0.15, -0.1) is 0 Å². The Balaban J connectivity index is 1.35. The van der Waals surface area contributed by atoms with Crippen LogP contribution in [0.1, 0.15) is 41.9 Å². The van der Waals surface area contributed by atoms with Gasteiger partial charge in [0.2, 0.25) is 0 Å². The van der Waals surface area contributed by atoms with Gasteiger partial charge in [0.25, 0.3) is 5.91 Å². The Labute approximate surface area is 219 Å². The van der Waals surface area contributed by atoms with Crippen molar-refractivity contribution in [3.63, 3.8) is 0 Å². The summed E-state index contributed by atoms with van der Waals surface area (Å²) in [6, 6.07) is 19.8. The lowest BCUT2D eigenvalue weighted by molar-refractivity contribution is 0.0803. The third-order valence-electron chi connectivity index (χ3n) is 7.30. The molecule has 3 aromatic carbocycles. The van der Waals surface area contributed by atoms with Crippen LogP contribution in [0.2, 0.25) is 0 Å². The van der Waals surface area contributed by atoms with E-state index in [0.29, 0.717) is 36.3 Å². The number of rotatable bonds is 6. The molecule has 0 bridgehead atoms. The van der Waals surface area contributed by atoms with Gasteiger partial charge in [0, 0.05) is 34.0 Å². The highest BCUT2D eigenvalue weighted by atomic mass is 19.1. The number of carbonyl (C=O) groups is 1. The van der Waals surface area contributed by atoms with E-state index >= 15 is 0 Å². The molecule has 38 heavy (non-hydrogen) atoms. The zero-order valence-electron chi connectivity index (χ0n) is 21.3. The number of hydrogen-bond acceptors (Lipinski definition) is 4. The number of halogens is 1. The minimum Gasteiger partial charge on any atom is -0.490 e. The third-order valence-corrected chi connectivity index (χ3v) is 7.30. The van der Waals surface area contributed by atoms with Crippen molar-refractivity contribution in [3.8, 4) is 17.1 Å². The highest BCUT2D eigenvalue weighted by molar-refractivity contribution is 5.99. The van der Waals surface area contributed by atoms with Gasteiger partial charge in [-0.2, -0.15) is 0 Å². The van der Waals surface area contributed by atoms with Crippen molar-refractivity contribution in [3.05, 3.63) is 89.4 Å². The molecule has 6 rings (SSSR count). The molecule has 0 fully saturated rings. The lowest BCUT2D eigenvalue weighted by atomic mass is 9.80. The number of fused-ring (bicyclic) bond motifs is 4. The Bertz CT molecular complexity index is 1630. The number of benzene rings is 3. The van der Waals surface area contributed by atoms with Crippen molar-refractivity contribution in [2.75, 3.05) is 6.61 Å². The predicted octanol–water partition coefficient (Wildman–Crippen LogP) is 6.16. The fraction of sp³-hybridized carbons (Fsp3) is 0.258. The molecule has 0 spiro atoms. The monoisotopic (exact) mass is 512 g/mol. The molecule has 2 heterocycles.